The van der Waals surface area contributed by atoms with Crippen LogP contribution >= 0.6 is 0 Å². The molecule has 0 spiro atoms. The van der Waals surface area contributed by atoms with Crippen molar-refractivity contribution in [3.05, 3.63) is 0 Å². The first-order chi connectivity index (χ1) is 8.59. The van der Waals surface area contributed by atoms with Crippen LogP contribution in [-0.4, -0.2) is 60.0 Å². The van der Waals surface area contributed by atoms with Gasteiger partial charge < -0.3 is 14.5 Å². The number of ether oxygens (including phenoxy) is 1. The van der Waals surface area contributed by atoms with E-state index in [2.05, 4.69) is 0 Å². The molecule has 2 saturated heterocycles. The highest BCUT2D eigenvalue weighted by atomic mass is 16.5. The van der Waals surface area contributed by atoms with Gasteiger partial charge in [0.25, 0.3) is 0 Å². The third-order valence-electron chi connectivity index (χ3n) is 3.58. The van der Waals surface area contributed by atoms with Crippen molar-refractivity contribution in [2.24, 2.45) is 0 Å². The lowest BCUT2D eigenvalue weighted by Crippen LogP contribution is -2.44. The number of rotatable bonds is 4. The van der Waals surface area contributed by atoms with E-state index in [4.69, 9.17) is 4.74 Å². The van der Waals surface area contributed by atoms with Gasteiger partial charge in [-0.3, -0.25) is 9.59 Å². The Morgan fingerprint density at radius 3 is 2.83 bits per heavy atom. The van der Waals surface area contributed by atoms with Gasteiger partial charge >= 0.3 is 0 Å². The van der Waals surface area contributed by atoms with Gasteiger partial charge in [-0.1, -0.05) is 0 Å². The van der Waals surface area contributed by atoms with Crippen LogP contribution in [0.2, 0.25) is 0 Å². The summed E-state index contributed by atoms with van der Waals surface area (Å²) < 4.78 is 5.48. The lowest BCUT2D eigenvalue weighted by Gasteiger charge is -2.25. The van der Waals surface area contributed by atoms with Crippen LogP contribution in [-0.2, 0) is 14.3 Å². The molecule has 0 saturated carbocycles. The molecule has 5 nitrogen and oxygen atoms in total. The summed E-state index contributed by atoms with van der Waals surface area (Å²) in [5, 5.41) is 0. The predicted molar refractivity (Wildman–Crippen MR) is 67.0 cm³/mol. The van der Waals surface area contributed by atoms with E-state index in [0.717, 1.165) is 19.4 Å². The molecule has 1 unspecified atom stereocenters. The average Bonchev–Trinajstić information content (AvgIpc) is 2.77. The molecule has 0 N–H and O–H groups in total. The molecule has 2 aliphatic heterocycles. The first-order valence-corrected chi connectivity index (χ1v) is 6.79. The molecule has 2 amide bonds. The maximum Gasteiger partial charge on any atom is 0.245 e. The van der Waals surface area contributed by atoms with E-state index in [0.29, 0.717) is 26.1 Å². The molecule has 102 valence electrons. The average molecular weight is 254 g/mol. The summed E-state index contributed by atoms with van der Waals surface area (Å²) in [5.41, 5.74) is 0. The Hall–Kier alpha value is -1.10. The zero-order chi connectivity index (χ0) is 13.1. The van der Waals surface area contributed by atoms with Crippen LogP contribution in [0.4, 0.5) is 0 Å². The molecule has 1 atom stereocenters. The molecule has 0 radical (unpaired) electrons. The Morgan fingerprint density at radius 2 is 2.11 bits per heavy atom. The molecule has 18 heavy (non-hydrogen) atoms. The highest BCUT2D eigenvalue weighted by molar-refractivity contribution is 5.90. The third-order valence-corrected chi connectivity index (χ3v) is 3.58. The molecule has 2 heterocycles. The van der Waals surface area contributed by atoms with E-state index in [1.165, 1.54) is 0 Å². The van der Waals surface area contributed by atoms with Crippen molar-refractivity contribution in [1.82, 2.24) is 9.80 Å². The van der Waals surface area contributed by atoms with E-state index in [-0.39, 0.29) is 24.0 Å². The second kappa shape index (κ2) is 5.69. The van der Waals surface area contributed by atoms with Crippen LogP contribution in [0.3, 0.4) is 0 Å². The number of carbonyl (C=O) groups excluding carboxylic acids is 2. The number of carbonyl (C=O) groups is 2. The fourth-order valence-corrected chi connectivity index (χ4v) is 2.64. The quantitative estimate of drug-likeness (QED) is 0.739. The standard InChI is InChI=1S/C13H22N2O3/c1-10(2)18-9-8-14-7-5-12(16)15-6-3-4-11(15)13(14)17/h10-11H,3-9H2,1-2H3. The van der Waals surface area contributed by atoms with Crippen molar-refractivity contribution in [3.8, 4) is 0 Å². The number of nitrogens with zero attached hydrogens (tertiary/aromatic N) is 2. The highest BCUT2D eigenvalue weighted by Crippen LogP contribution is 2.23. The molecule has 0 aromatic heterocycles. The second-order valence-corrected chi connectivity index (χ2v) is 5.24. The summed E-state index contributed by atoms with van der Waals surface area (Å²) in [4.78, 5) is 27.8. The fraction of sp³-hybridized carbons (Fsp3) is 0.846. The van der Waals surface area contributed by atoms with E-state index in [1.807, 2.05) is 13.8 Å². The first kappa shape index (κ1) is 13.3. The Labute approximate surface area is 108 Å². The summed E-state index contributed by atoms with van der Waals surface area (Å²) >= 11 is 0. The molecule has 0 aromatic carbocycles. The van der Waals surface area contributed by atoms with E-state index in [1.54, 1.807) is 9.80 Å². The van der Waals surface area contributed by atoms with Crippen LogP contribution in [0.25, 0.3) is 0 Å². The van der Waals surface area contributed by atoms with Crippen LogP contribution in [0.5, 0.6) is 0 Å². The number of hydrogen-bond donors (Lipinski definition) is 0. The normalized spacial score (nSPS) is 24.7. The van der Waals surface area contributed by atoms with Gasteiger partial charge in [0.05, 0.1) is 12.7 Å². The van der Waals surface area contributed by atoms with Crippen molar-refractivity contribution < 1.29 is 14.3 Å². The molecule has 2 fully saturated rings. The van der Waals surface area contributed by atoms with Crippen molar-refractivity contribution >= 4 is 11.8 Å². The van der Waals surface area contributed by atoms with Crippen LogP contribution in [0.1, 0.15) is 33.1 Å². The Balaban J connectivity index is 1.95. The molecule has 2 rings (SSSR count). The number of amides is 2. The van der Waals surface area contributed by atoms with Gasteiger partial charge in [0, 0.05) is 26.1 Å². The highest BCUT2D eigenvalue weighted by Gasteiger charge is 2.38. The first-order valence-electron chi connectivity index (χ1n) is 6.79. The molecule has 0 bridgehead atoms. The zero-order valence-corrected chi connectivity index (χ0v) is 11.2. The Kier molecular flexibility index (Phi) is 4.22. The van der Waals surface area contributed by atoms with Crippen molar-refractivity contribution in [1.29, 1.82) is 0 Å². The number of fused-ring (bicyclic) bond motifs is 1. The Morgan fingerprint density at radius 1 is 1.33 bits per heavy atom. The van der Waals surface area contributed by atoms with Gasteiger partial charge in [0.1, 0.15) is 6.04 Å². The summed E-state index contributed by atoms with van der Waals surface area (Å²) in [7, 11) is 0. The minimum absolute atomic E-state index is 0.103. The maximum atomic E-state index is 12.3. The van der Waals surface area contributed by atoms with Crippen LogP contribution < -0.4 is 0 Å². The molecular weight excluding hydrogens is 232 g/mol. The van der Waals surface area contributed by atoms with E-state index >= 15 is 0 Å². The lowest BCUT2D eigenvalue weighted by molar-refractivity contribution is -0.139. The van der Waals surface area contributed by atoms with Crippen LogP contribution in [0, 0.1) is 0 Å². The zero-order valence-electron chi connectivity index (χ0n) is 11.2. The SMILES string of the molecule is CC(C)OCCN1CCC(=O)N2CCCC2C1=O. The maximum absolute atomic E-state index is 12.3. The van der Waals surface area contributed by atoms with Gasteiger partial charge in [-0.2, -0.15) is 0 Å². The van der Waals surface area contributed by atoms with Gasteiger partial charge in [-0.05, 0) is 26.7 Å². The fourth-order valence-electron chi connectivity index (χ4n) is 2.64. The monoisotopic (exact) mass is 254 g/mol. The summed E-state index contributed by atoms with van der Waals surface area (Å²) in [6.07, 6.45) is 2.38. The van der Waals surface area contributed by atoms with Gasteiger partial charge in [-0.25, -0.2) is 0 Å². The smallest absolute Gasteiger partial charge is 0.245 e. The molecular formula is C13H22N2O3. The van der Waals surface area contributed by atoms with E-state index < -0.39 is 0 Å². The molecule has 0 aliphatic carbocycles. The summed E-state index contributed by atoms with van der Waals surface area (Å²) in [6, 6.07) is -0.209. The molecule has 5 heteroatoms. The molecule has 0 aromatic rings. The largest absolute Gasteiger partial charge is 0.377 e. The topological polar surface area (TPSA) is 49.9 Å². The minimum Gasteiger partial charge on any atom is -0.377 e. The van der Waals surface area contributed by atoms with Gasteiger partial charge in [-0.15, -0.1) is 0 Å². The number of hydrogen-bond acceptors (Lipinski definition) is 3. The Bertz CT molecular complexity index is 330. The van der Waals surface area contributed by atoms with Crippen molar-refractivity contribution in [2.45, 2.75) is 45.3 Å². The summed E-state index contributed by atoms with van der Waals surface area (Å²) in [5.74, 6) is 0.226. The van der Waals surface area contributed by atoms with Crippen LogP contribution in [0.15, 0.2) is 0 Å². The van der Waals surface area contributed by atoms with Gasteiger partial charge in [0.15, 0.2) is 0 Å². The van der Waals surface area contributed by atoms with Crippen molar-refractivity contribution in [3.63, 3.8) is 0 Å². The van der Waals surface area contributed by atoms with E-state index in [9.17, 15) is 9.59 Å². The lowest BCUT2D eigenvalue weighted by atomic mass is 10.2. The summed E-state index contributed by atoms with van der Waals surface area (Å²) in [6.45, 7) is 6.37. The van der Waals surface area contributed by atoms with Gasteiger partial charge in [0.2, 0.25) is 11.8 Å². The van der Waals surface area contributed by atoms with Crippen molar-refractivity contribution in [2.75, 3.05) is 26.2 Å². The predicted octanol–water partition coefficient (Wildman–Crippen LogP) is 0.635. The third kappa shape index (κ3) is 2.83. The minimum atomic E-state index is -0.209. The second-order valence-electron chi connectivity index (χ2n) is 5.24. The molecule has 2 aliphatic rings.